The van der Waals surface area contributed by atoms with Gasteiger partial charge in [0.25, 0.3) is 0 Å². The van der Waals surface area contributed by atoms with Crippen LogP contribution in [0, 0.1) is 0 Å². The molecule has 1 aromatic carbocycles. The first-order chi connectivity index (χ1) is 20.7. The van der Waals surface area contributed by atoms with Gasteiger partial charge in [0.05, 0.1) is 30.5 Å². The van der Waals surface area contributed by atoms with E-state index < -0.39 is 35.5 Å². The fraction of sp³-hybridized carbons (Fsp3) is 0.333. The van der Waals surface area contributed by atoms with Crippen LogP contribution in [0.25, 0.3) is 11.1 Å². The molecule has 0 radical (unpaired) electrons. The summed E-state index contributed by atoms with van der Waals surface area (Å²) in [5, 5.41) is 3.97. The third-order valence-corrected chi connectivity index (χ3v) is 7.16. The summed E-state index contributed by atoms with van der Waals surface area (Å²) in [5.74, 6) is -0.468. The second-order valence-corrected chi connectivity index (χ2v) is 10.3. The van der Waals surface area contributed by atoms with Crippen molar-refractivity contribution in [2.24, 2.45) is 7.05 Å². The number of alkyl halides is 6. The van der Waals surface area contributed by atoms with Crippen molar-refractivity contribution in [2.45, 2.75) is 31.4 Å². The van der Waals surface area contributed by atoms with Crippen LogP contribution in [0.3, 0.4) is 0 Å². The number of esters is 1. The van der Waals surface area contributed by atoms with Gasteiger partial charge in [-0.05, 0) is 41.8 Å². The number of nitrogens with zero attached hydrogens (tertiary/aromatic N) is 8. The lowest BCUT2D eigenvalue weighted by atomic mass is 10.0. The van der Waals surface area contributed by atoms with Crippen molar-refractivity contribution in [1.29, 1.82) is 0 Å². The molecule has 1 aliphatic heterocycles. The average molecular weight is 641 g/mol. The number of methoxy groups -OCH3 is 1. The summed E-state index contributed by atoms with van der Waals surface area (Å²) in [6, 6.07) is 0.913. The van der Waals surface area contributed by atoms with Gasteiger partial charge >= 0.3 is 18.3 Å². The number of aryl methyl sites for hydroxylation is 1. The number of hydrogen-bond acceptors (Lipinski definition) is 9. The van der Waals surface area contributed by atoms with Crippen LogP contribution in [-0.4, -0.2) is 61.9 Å². The second kappa shape index (κ2) is 11.9. The fourth-order valence-electron chi connectivity index (χ4n) is 4.89. The largest absolute Gasteiger partial charge is 0.465 e. The zero-order valence-electron chi connectivity index (χ0n) is 23.1. The molecule has 1 aliphatic rings. The molecule has 3 aromatic heterocycles. The molecular formula is C27H23ClF6N8O2. The van der Waals surface area contributed by atoms with E-state index in [0.29, 0.717) is 36.2 Å². The number of carbonyl (C=O) groups is 1. The molecule has 232 valence electrons. The highest BCUT2D eigenvalue weighted by Crippen LogP contribution is 2.37. The summed E-state index contributed by atoms with van der Waals surface area (Å²) in [6.07, 6.45) is -2.13. The van der Waals surface area contributed by atoms with E-state index >= 15 is 0 Å². The number of carbonyl (C=O) groups excluding carboxylic acids is 1. The molecule has 10 nitrogen and oxygen atoms in total. The highest BCUT2D eigenvalue weighted by atomic mass is 35.5. The van der Waals surface area contributed by atoms with Gasteiger partial charge in [-0.15, -0.1) is 0 Å². The zero-order valence-corrected chi connectivity index (χ0v) is 23.8. The number of benzene rings is 1. The Kier molecular flexibility index (Phi) is 8.38. The molecule has 1 atom stereocenters. The standard InChI is InChI=1S/C27H23ClF6N8O2/c1-40-13-17(10-38-40)16-8-36-25(37-9-16)42(12-15-5-18(26(29,30)31)7-19(6-15)27(32,33)34)20-3-4-41(14-20)22-21(23(43)44-2)11-35-24(28)39-22/h5-11,13,20H,3-4,12,14H2,1-2H3. The van der Waals surface area contributed by atoms with Crippen LogP contribution in [0.5, 0.6) is 0 Å². The van der Waals surface area contributed by atoms with E-state index in [0.717, 1.165) is 0 Å². The van der Waals surface area contributed by atoms with E-state index in [1.54, 1.807) is 29.0 Å². The molecule has 0 N–H and O–H groups in total. The minimum atomic E-state index is -5.01. The molecular weight excluding hydrogens is 618 g/mol. The predicted molar refractivity (Wildman–Crippen MR) is 146 cm³/mol. The minimum Gasteiger partial charge on any atom is -0.465 e. The lowest BCUT2D eigenvalue weighted by molar-refractivity contribution is -0.143. The molecule has 4 heterocycles. The SMILES string of the molecule is COC(=O)c1cnc(Cl)nc1N1CCC(N(Cc2cc(C(F)(F)F)cc(C(F)(F)F)c2)c2ncc(-c3cnn(C)c3)cn2)C1. The topological polar surface area (TPSA) is 102 Å². The summed E-state index contributed by atoms with van der Waals surface area (Å²) in [5.41, 5.74) is -1.75. The highest BCUT2D eigenvalue weighted by Gasteiger charge is 2.38. The van der Waals surface area contributed by atoms with Gasteiger partial charge in [-0.25, -0.2) is 19.7 Å². The number of aromatic nitrogens is 6. The van der Waals surface area contributed by atoms with Gasteiger partial charge in [-0.2, -0.15) is 36.4 Å². The molecule has 1 unspecified atom stereocenters. The molecule has 5 rings (SSSR count). The summed E-state index contributed by atoms with van der Waals surface area (Å²) in [4.78, 5) is 32.4. The lowest BCUT2D eigenvalue weighted by Gasteiger charge is -2.30. The molecule has 0 aliphatic carbocycles. The van der Waals surface area contributed by atoms with Crippen molar-refractivity contribution in [2.75, 3.05) is 30.0 Å². The Morgan fingerprint density at radius 1 is 1.00 bits per heavy atom. The third kappa shape index (κ3) is 6.69. The number of halogens is 7. The lowest BCUT2D eigenvalue weighted by Crippen LogP contribution is -2.39. The molecule has 4 aromatic rings. The van der Waals surface area contributed by atoms with Crippen LogP contribution < -0.4 is 9.80 Å². The van der Waals surface area contributed by atoms with E-state index in [9.17, 15) is 31.1 Å². The van der Waals surface area contributed by atoms with Crippen molar-refractivity contribution in [3.63, 3.8) is 0 Å². The highest BCUT2D eigenvalue weighted by molar-refractivity contribution is 6.28. The Bertz CT molecular complexity index is 1630. The number of ether oxygens (including phenoxy) is 1. The molecule has 0 spiro atoms. The van der Waals surface area contributed by atoms with Gasteiger partial charge in [0, 0.05) is 62.6 Å². The van der Waals surface area contributed by atoms with Crippen molar-refractivity contribution in [3.8, 4) is 11.1 Å². The first-order valence-corrected chi connectivity index (χ1v) is 13.3. The third-order valence-electron chi connectivity index (χ3n) is 6.98. The molecule has 1 fully saturated rings. The Morgan fingerprint density at radius 3 is 2.23 bits per heavy atom. The van der Waals surface area contributed by atoms with E-state index in [2.05, 4.69) is 25.0 Å². The average Bonchev–Trinajstić information content (AvgIpc) is 3.64. The Morgan fingerprint density at radius 2 is 1.66 bits per heavy atom. The first-order valence-electron chi connectivity index (χ1n) is 12.9. The normalized spacial score (nSPS) is 15.5. The van der Waals surface area contributed by atoms with Gasteiger partial charge in [-0.1, -0.05) is 0 Å². The van der Waals surface area contributed by atoms with E-state index in [1.165, 1.54) is 30.6 Å². The van der Waals surface area contributed by atoms with Gasteiger partial charge in [-0.3, -0.25) is 4.68 Å². The van der Waals surface area contributed by atoms with Gasteiger partial charge in [0.2, 0.25) is 11.2 Å². The molecule has 1 saturated heterocycles. The fourth-order valence-corrected chi connectivity index (χ4v) is 5.02. The predicted octanol–water partition coefficient (Wildman–Crippen LogP) is 5.43. The van der Waals surface area contributed by atoms with Gasteiger partial charge in [0.15, 0.2) is 0 Å². The maximum absolute atomic E-state index is 13.6. The second-order valence-electron chi connectivity index (χ2n) is 9.97. The van der Waals surface area contributed by atoms with Crippen LogP contribution in [-0.2, 0) is 30.7 Å². The molecule has 44 heavy (non-hydrogen) atoms. The van der Waals surface area contributed by atoms with Crippen molar-refractivity contribution in [3.05, 3.63) is 76.7 Å². The maximum atomic E-state index is 13.6. The molecule has 17 heteroatoms. The van der Waals surface area contributed by atoms with Gasteiger partial charge < -0.3 is 14.5 Å². The van der Waals surface area contributed by atoms with Crippen LogP contribution in [0.15, 0.2) is 49.2 Å². The minimum absolute atomic E-state index is 0.0360. The summed E-state index contributed by atoms with van der Waals surface area (Å²) in [7, 11) is 2.92. The number of rotatable bonds is 7. The Labute approximate surface area is 251 Å². The smallest absolute Gasteiger partial charge is 0.416 e. The van der Waals surface area contributed by atoms with Crippen LogP contribution in [0.1, 0.15) is 33.5 Å². The zero-order chi connectivity index (χ0) is 31.8. The van der Waals surface area contributed by atoms with Crippen molar-refractivity contribution in [1.82, 2.24) is 29.7 Å². The van der Waals surface area contributed by atoms with Crippen LogP contribution >= 0.6 is 11.6 Å². The van der Waals surface area contributed by atoms with E-state index in [1.807, 2.05) is 0 Å². The summed E-state index contributed by atoms with van der Waals surface area (Å²) >= 11 is 5.99. The molecule has 0 bridgehead atoms. The summed E-state index contributed by atoms with van der Waals surface area (Å²) in [6.45, 7) is 0.0743. The Hall–Kier alpha value is -4.47. The van der Waals surface area contributed by atoms with Crippen LogP contribution in [0.2, 0.25) is 5.28 Å². The van der Waals surface area contributed by atoms with E-state index in [-0.39, 0.29) is 47.3 Å². The maximum Gasteiger partial charge on any atom is 0.416 e. The van der Waals surface area contributed by atoms with Crippen molar-refractivity contribution < 1.29 is 35.9 Å². The monoisotopic (exact) mass is 640 g/mol. The number of anilines is 2. The molecule has 0 amide bonds. The van der Waals surface area contributed by atoms with E-state index in [4.69, 9.17) is 16.3 Å². The van der Waals surface area contributed by atoms with Crippen molar-refractivity contribution >= 4 is 29.3 Å². The molecule has 0 saturated carbocycles. The number of hydrogen-bond donors (Lipinski definition) is 0. The Balaban J connectivity index is 1.53. The quantitative estimate of drug-likeness (QED) is 0.149. The first kappa shape index (κ1) is 31.0. The van der Waals surface area contributed by atoms with Gasteiger partial charge in [0.1, 0.15) is 11.4 Å². The summed E-state index contributed by atoms with van der Waals surface area (Å²) < 4.78 is 88.2. The van der Waals surface area contributed by atoms with Crippen LogP contribution in [0.4, 0.5) is 38.1 Å².